The number of hydrazine groups is 1. The molecule has 19 heavy (non-hydrogen) atoms. The van der Waals surface area contributed by atoms with Crippen LogP contribution < -0.4 is 11.3 Å². The summed E-state index contributed by atoms with van der Waals surface area (Å²) >= 11 is 13.5. The summed E-state index contributed by atoms with van der Waals surface area (Å²) in [5.41, 5.74) is 6.32. The summed E-state index contributed by atoms with van der Waals surface area (Å²) in [6, 6.07) is 10.4. The van der Waals surface area contributed by atoms with Gasteiger partial charge in [0.2, 0.25) is 0 Å². The fraction of sp³-hybridized carbons (Fsp3) is 0.286. The monoisotopic (exact) mass is 314 g/mol. The Balaban J connectivity index is 2.16. The van der Waals surface area contributed by atoms with Crippen LogP contribution in [-0.2, 0) is 12.8 Å². The molecule has 2 nitrogen and oxygen atoms in total. The zero-order chi connectivity index (χ0) is 13.8. The zero-order valence-corrected chi connectivity index (χ0v) is 12.9. The third-order valence-corrected chi connectivity index (χ3v) is 4.65. The van der Waals surface area contributed by atoms with Crippen LogP contribution in [-0.4, -0.2) is 0 Å². The summed E-state index contributed by atoms with van der Waals surface area (Å²) in [4.78, 5) is 0. The van der Waals surface area contributed by atoms with Crippen molar-refractivity contribution in [3.8, 4) is 0 Å². The number of rotatable bonds is 5. The summed E-state index contributed by atoms with van der Waals surface area (Å²) in [5, 5.41) is 0. The highest BCUT2D eigenvalue weighted by molar-refractivity contribution is 7.20. The van der Waals surface area contributed by atoms with Crippen LogP contribution in [0.3, 0.4) is 0 Å². The largest absolute Gasteiger partial charge is 0.271 e. The lowest BCUT2D eigenvalue weighted by Gasteiger charge is -2.15. The van der Waals surface area contributed by atoms with Crippen molar-refractivity contribution in [1.82, 2.24) is 5.43 Å². The van der Waals surface area contributed by atoms with E-state index in [1.165, 1.54) is 22.5 Å². The molecule has 0 saturated carbocycles. The first-order valence-electron chi connectivity index (χ1n) is 6.12. The highest BCUT2D eigenvalue weighted by atomic mass is 35.5. The molecule has 0 fully saturated rings. The highest BCUT2D eigenvalue weighted by Crippen LogP contribution is 2.35. The fourth-order valence-electron chi connectivity index (χ4n) is 2.00. The van der Waals surface area contributed by atoms with E-state index < -0.39 is 0 Å². The Morgan fingerprint density at radius 1 is 1.21 bits per heavy atom. The van der Waals surface area contributed by atoms with E-state index in [2.05, 4.69) is 36.6 Å². The van der Waals surface area contributed by atoms with E-state index in [4.69, 9.17) is 29.0 Å². The zero-order valence-electron chi connectivity index (χ0n) is 10.6. The van der Waals surface area contributed by atoms with Crippen molar-refractivity contribution in [2.24, 2.45) is 5.84 Å². The molecule has 5 heteroatoms. The van der Waals surface area contributed by atoms with Crippen molar-refractivity contribution in [3.05, 3.63) is 55.7 Å². The number of aryl methyl sites for hydroxylation is 1. The van der Waals surface area contributed by atoms with E-state index >= 15 is 0 Å². The molecule has 0 saturated heterocycles. The molecule has 0 aliphatic heterocycles. The van der Waals surface area contributed by atoms with Gasteiger partial charge in [0.05, 0.1) is 14.7 Å². The maximum Gasteiger partial charge on any atom is 0.0992 e. The van der Waals surface area contributed by atoms with Crippen molar-refractivity contribution in [3.63, 3.8) is 0 Å². The average Bonchev–Trinajstić information content (AvgIpc) is 2.75. The molecule has 102 valence electrons. The number of thiophene rings is 1. The van der Waals surface area contributed by atoms with E-state index in [1.54, 1.807) is 0 Å². The SMILES string of the molecule is CCc1ccc(CC(NN)c2cc(Cl)sc2Cl)cc1. The third-order valence-electron chi connectivity index (χ3n) is 3.13. The lowest BCUT2D eigenvalue weighted by Crippen LogP contribution is -2.29. The molecule has 3 N–H and O–H groups in total. The average molecular weight is 315 g/mol. The quantitative estimate of drug-likeness (QED) is 0.635. The second kappa shape index (κ2) is 6.73. The van der Waals surface area contributed by atoms with E-state index in [-0.39, 0.29) is 6.04 Å². The van der Waals surface area contributed by atoms with Crippen LogP contribution in [0.15, 0.2) is 30.3 Å². The maximum absolute atomic E-state index is 6.17. The number of hydrogen-bond acceptors (Lipinski definition) is 3. The number of halogens is 2. The summed E-state index contributed by atoms with van der Waals surface area (Å²) in [7, 11) is 0. The molecule has 0 radical (unpaired) electrons. The Morgan fingerprint density at radius 3 is 2.32 bits per heavy atom. The van der Waals surface area contributed by atoms with Crippen LogP contribution in [0.4, 0.5) is 0 Å². The first-order chi connectivity index (χ1) is 9.13. The smallest absolute Gasteiger partial charge is 0.0992 e. The normalized spacial score (nSPS) is 12.6. The van der Waals surface area contributed by atoms with Gasteiger partial charge in [-0.15, -0.1) is 11.3 Å². The van der Waals surface area contributed by atoms with Crippen molar-refractivity contribution in [2.75, 3.05) is 0 Å². The standard InChI is InChI=1S/C14H16Cl2N2S/c1-2-9-3-5-10(6-4-9)7-12(18-17)11-8-13(15)19-14(11)16/h3-6,8,12,18H,2,7,17H2,1H3. The van der Waals surface area contributed by atoms with Gasteiger partial charge < -0.3 is 0 Å². The molecular weight excluding hydrogens is 299 g/mol. The van der Waals surface area contributed by atoms with Gasteiger partial charge in [0.1, 0.15) is 0 Å². The molecule has 1 atom stereocenters. The lowest BCUT2D eigenvalue weighted by atomic mass is 10.0. The van der Waals surface area contributed by atoms with Gasteiger partial charge in [-0.1, -0.05) is 54.4 Å². The Morgan fingerprint density at radius 2 is 1.84 bits per heavy atom. The molecule has 2 aromatic rings. The summed E-state index contributed by atoms with van der Waals surface area (Å²) in [6.07, 6.45) is 1.83. The second-order valence-electron chi connectivity index (χ2n) is 4.37. The van der Waals surface area contributed by atoms with Gasteiger partial charge in [0, 0.05) is 5.56 Å². The predicted molar refractivity (Wildman–Crippen MR) is 83.9 cm³/mol. The molecule has 2 rings (SSSR count). The van der Waals surface area contributed by atoms with Crippen molar-refractivity contribution < 1.29 is 0 Å². The Kier molecular flexibility index (Phi) is 5.25. The highest BCUT2D eigenvalue weighted by Gasteiger charge is 2.16. The molecule has 0 aliphatic carbocycles. The number of nitrogens with one attached hydrogen (secondary N) is 1. The van der Waals surface area contributed by atoms with Crippen molar-refractivity contribution in [1.29, 1.82) is 0 Å². The molecule has 0 aliphatic rings. The van der Waals surface area contributed by atoms with Gasteiger partial charge in [-0.2, -0.15) is 0 Å². The third kappa shape index (κ3) is 3.71. The van der Waals surface area contributed by atoms with Crippen LogP contribution in [0.25, 0.3) is 0 Å². The minimum atomic E-state index is -0.0243. The van der Waals surface area contributed by atoms with E-state index in [0.717, 1.165) is 18.4 Å². The fourth-order valence-corrected chi connectivity index (χ4v) is 3.58. The molecule has 0 bridgehead atoms. The van der Waals surface area contributed by atoms with E-state index in [0.29, 0.717) is 8.67 Å². The molecule has 1 aromatic carbocycles. The van der Waals surface area contributed by atoms with Gasteiger partial charge in [0.15, 0.2) is 0 Å². The topological polar surface area (TPSA) is 38.0 Å². The molecular formula is C14H16Cl2N2S. The lowest BCUT2D eigenvalue weighted by molar-refractivity contribution is 0.553. The van der Waals surface area contributed by atoms with Gasteiger partial charge in [0.25, 0.3) is 0 Å². The first kappa shape index (κ1) is 14.8. The minimum Gasteiger partial charge on any atom is -0.271 e. The maximum atomic E-state index is 6.17. The Hall–Kier alpha value is -0.580. The van der Waals surface area contributed by atoms with Gasteiger partial charge in [-0.25, -0.2) is 0 Å². The summed E-state index contributed by atoms with van der Waals surface area (Å²) in [5.74, 6) is 5.64. The van der Waals surface area contributed by atoms with Crippen LogP contribution in [0.5, 0.6) is 0 Å². The number of nitrogens with two attached hydrogens (primary N) is 1. The Bertz CT molecular complexity index is 537. The van der Waals surface area contributed by atoms with Crippen LogP contribution in [0.2, 0.25) is 8.67 Å². The van der Waals surface area contributed by atoms with E-state index in [1.807, 2.05) is 6.07 Å². The molecule has 1 aromatic heterocycles. The Labute approximate surface area is 127 Å². The van der Waals surface area contributed by atoms with Gasteiger partial charge >= 0.3 is 0 Å². The van der Waals surface area contributed by atoms with E-state index in [9.17, 15) is 0 Å². The van der Waals surface area contributed by atoms with Crippen LogP contribution in [0, 0.1) is 0 Å². The molecule has 1 unspecified atom stereocenters. The molecule has 1 heterocycles. The summed E-state index contributed by atoms with van der Waals surface area (Å²) < 4.78 is 1.37. The molecule has 0 spiro atoms. The number of hydrogen-bond donors (Lipinski definition) is 2. The van der Waals surface area contributed by atoms with Crippen LogP contribution >= 0.6 is 34.5 Å². The van der Waals surface area contributed by atoms with Crippen molar-refractivity contribution >= 4 is 34.5 Å². The van der Waals surface area contributed by atoms with Gasteiger partial charge in [-0.05, 0) is 30.0 Å². The summed E-state index contributed by atoms with van der Waals surface area (Å²) in [6.45, 7) is 2.15. The van der Waals surface area contributed by atoms with Gasteiger partial charge in [-0.3, -0.25) is 11.3 Å². The molecule has 0 amide bonds. The second-order valence-corrected chi connectivity index (χ2v) is 6.66. The first-order valence-corrected chi connectivity index (χ1v) is 7.70. The number of benzene rings is 1. The van der Waals surface area contributed by atoms with Crippen LogP contribution in [0.1, 0.15) is 29.7 Å². The predicted octanol–water partition coefficient (Wildman–Crippen LogP) is 4.36. The minimum absolute atomic E-state index is 0.0243. The van der Waals surface area contributed by atoms with Crippen molar-refractivity contribution in [2.45, 2.75) is 25.8 Å².